The highest BCUT2D eigenvalue weighted by Crippen LogP contribution is 2.42. The lowest BCUT2D eigenvalue weighted by Gasteiger charge is -2.37. The molecule has 0 radical (unpaired) electrons. The molecule has 1 saturated heterocycles. The summed E-state index contributed by atoms with van der Waals surface area (Å²) in [5, 5.41) is 0. The van der Waals surface area contributed by atoms with E-state index < -0.39 is 0 Å². The number of rotatable bonds is 6. The zero-order valence-electron chi connectivity index (χ0n) is 11.9. The molecule has 1 atom stereocenters. The maximum Gasteiger partial charge on any atom is 0.136 e. The number of hydrogen-bond donors (Lipinski definition) is 0. The first kappa shape index (κ1) is 14.0. The van der Waals surface area contributed by atoms with Gasteiger partial charge in [-0.2, -0.15) is 0 Å². The van der Waals surface area contributed by atoms with E-state index in [1.165, 1.54) is 44.9 Å². The molecule has 2 fully saturated rings. The van der Waals surface area contributed by atoms with Gasteiger partial charge in [0.25, 0.3) is 0 Å². The van der Waals surface area contributed by atoms with Gasteiger partial charge in [-0.25, -0.2) is 0 Å². The Morgan fingerprint density at radius 1 is 1.22 bits per heavy atom. The lowest BCUT2D eigenvalue weighted by Crippen LogP contribution is -2.39. The quantitative estimate of drug-likeness (QED) is 0.660. The van der Waals surface area contributed by atoms with Crippen molar-refractivity contribution in [2.24, 2.45) is 5.92 Å². The molecule has 1 spiro atoms. The number of carbonyl (C=O) groups excluding carboxylic acids is 1. The summed E-state index contributed by atoms with van der Waals surface area (Å²) < 4.78 is 6.00. The largest absolute Gasteiger partial charge is 0.375 e. The van der Waals surface area contributed by atoms with Crippen molar-refractivity contribution in [1.29, 1.82) is 0 Å². The molecule has 18 heavy (non-hydrogen) atoms. The first-order valence-electron chi connectivity index (χ1n) is 7.92. The first-order valence-corrected chi connectivity index (χ1v) is 7.92. The fourth-order valence-corrected chi connectivity index (χ4v) is 3.60. The van der Waals surface area contributed by atoms with Crippen molar-refractivity contribution in [2.75, 3.05) is 6.61 Å². The molecule has 0 N–H and O–H groups in total. The average molecular weight is 252 g/mol. The molecule has 0 bridgehead atoms. The Morgan fingerprint density at radius 2 is 2.00 bits per heavy atom. The SMILES string of the molecule is CCCCCCC(=O)C1CCOC2(CCCC2)C1. The molecule has 2 rings (SSSR count). The van der Waals surface area contributed by atoms with Crippen molar-refractivity contribution in [3.63, 3.8) is 0 Å². The second kappa shape index (κ2) is 6.70. The lowest BCUT2D eigenvalue weighted by atomic mass is 9.81. The first-order chi connectivity index (χ1) is 8.76. The fourth-order valence-electron chi connectivity index (χ4n) is 3.60. The number of ketones is 1. The number of hydrogen-bond acceptors (Lipinski definition) is 2. The van der Waals surface area contributed by atoms with Gasteiger partial charge in [0.1, 0.15) is 5.78 Å². The number of ether oxygens (including phenoxy) is 1. The zero-order valence-corrected chi connectivity index (χ0v) is 11.9. The Balaban J connectivity index is 1.75. The monoisotopic (exact) mass is 252 g/mol. The second-order valence-corrected chi connectivity index (χ2v) is 6.21. The van der Waals surface area contributed by atoms with Gasteiger partial charge in [0.2, 0.25) is 0 Å². The smallest absolute Gasteiger partial charge is 0.136 e. The van der Waals surface area contributed by atoms with Crippen LogP contribution in [0.15, 0.2) is 0 Å². The molecule has 0 amide bonds. The van der Waals surface area contributed by atoms with Crippen molar-refractivity contribution >= 4 is 5.78 Å². The van der Waals surface area contributed by atoms with Gasteiger partial charge in [0.15, 0.2) is 0 Å². The molecule has 1 unspecified atom stereocenters. The van der Waals surface area contributed by atoms with E-state index in [4.69, 9.17) is 4.74 Å². The fraction of sp³-hybridized carbons (Fsp3) is 0.938. The zero-order chi connectivity index (χ0) is 12.8. The van der Waals surface area contributed by atoms with Crippen molar-refractivity contribution in [2.45, 2.75) is 83.2 Å². The number of carbonyl (C=O) groups is 1. The summed E-state index contributed by atoms with van der Waals surface area (Å²) in [7, 11) is 0. The molecule has 2 aliphatic rings. The topological polar surface area (TPSA) is 26.3 Å². The van der Waals surface area contributed by atoms with Crippen LogP contribution in [-0.2, 0) is 9.53 Å². The Kier molecular flexibility index (Phi) is 5.23. The van der Waals surface area contributed by atoms with E-state index in [1.54, 1.807) is 0 Å². The van der Waals surface area contributed by atoms with Gasteiger partial charge >= 0.3 is 0 Å². The van der Waals surface area contributed by atoms with Crippen molar-refractivity contribution in [1.82, 2.24) is 0 Å². The van der Waals surface area contributed by atoms with Gasteiger partial charge in [-0.15, -0.1) is 0 Å². The molecule has 0 aromatic rings. The molecule has 1 saturated carbocycles. The second-order valence-electron chi connectivity index (χ2n) is 6.21. The molecular formula is C16H28O2. The van der Waals surface area contributed by atoms with Crippen LogP contribution in [0, 0.1) is 5.92 Å². The molecule has 0 aromatic carbocycles. The van der Waals surface area contributed by atoms with Gasteiger partial charge in [-0.1, -0.05) is 39.0 Å². The molecule has 1 aliphatic heterocycles. The van der Waals surface area contributed by atoms with E-state index in [2.05, 4.69) is 6.92 Å². The Morgan fingerprint density at radius 3 is 2.72 bits per heavy atom. The summed E-state index contributed by atoms with van der Waals surface area (Å²) in [6, 6.07) is 0. The summed E-state index contributed by atoms with van der Waals surface area (Å²) in [5.41, 5.74) is 0.0992. The van der Waals surface area contributed by atoms with E-state index in [0.717, 1.165) is 32.3 Å². The predicted molar refractivity (Wildman–Crippen MR) is 73.6 cm³/mol. The van der Waals surface area contributed by atoms with Crippen molar-refractivity contribution in [3.8, 4) is 0 Å². The average Bonchev–Trinajstić information content (AvgIpc) is 2.82. The van der Waals surface area contributed by atoms with E-state index in [1.807, 2.05) is 0 Å². The van der Waals surface area contributed by atoms with Gasteiger partial charge in [0.05, 0.1) is 5.60 Å². The minimum Gasteiger partial charge on any atom is -0.375 e. The number of unbranched alkanes of at least 4 members (excludes halogenated alkanes) is 3. The minimum absolute atomic E-state index is 0.0992. The summed E-state index contributed by atoms with van der Waals surface area (Å²) in [5.74, 6) is 0.819. The molecule has 1 aliphatic carbocycles. The van der Waals surface area contributed by atoms with Crippen LogP contribution in [0.1, 0.15) is 77.6 Å². The highest BCUT2D eigenvalue weighted by atomic mass is 16.5. The Labute approximate surface area is 111 Å². The van der Waals surface area contributed by atoms with Gasteiger partial charge in [-0.3, -0.25) is 4.79 Å². The highest BCUT2D eigenvalue weighted by molar-refractivity contribution is 5.81. The summed E-state index contributed by atoms with van der Waals surface area (Å²) >= 11 is 0. The standard InChI is InChI=1S/C16H28O2/c1-2-3-4-5-8-15(17)14-9-12-18-16(13-14)10-6-7-11-16/h14H,2-13H2,1H3. The lowest BCUT2D eigenvalue weighted by molar-refractivity contribution is -0.136. The van der Waals surface area contributed by atoms with Crippen LogP contribution >= 0.6 is 0 Å². The third-order valence-electron chi connectivity index (χ3n) is 4.74. The predicted octanol–water partition coefficient (Wildman–Crippen LogP) is 4.27. The minimum atomic E-state index is 0.0992. The summed E-state index contributed by atoms with van der Waals surface area (Å²) in [4.78, 5) is 12.2. The van der Waals surface area contributed by atoms with Crippen LogP contribution < -0.4 is 0 Å². The van der Waals surface area contributed by atoms with Crippen molar-refractivity contribution in [3.05, 3.63) is 0 Å². The van der Waals surface area contributed by atoms with Crippen LogP contribution in [0.2, 0.25) is 0 Å². The maximum atomic E-state index is 12.2. The van der Waals surface area contributed by atoms with E-state index in [-0.39, 0.29) is 5.60 Å². The molecular weight excluding hydrogens is 224 g/mol. The third-order valence-corrected chi connectivity index (χ3v) is 4.74. The highest BCUT2D eigenvalue weighted by Gasteiger charge is 2.41. The summed E-state index contributed by atoms with van der Waals surface area (Å²) in [6.07, 6.45) is 12.6. The van der Waals surface area contributed by atoms with Crippen LogP contribution in [-0.4, -0.2) is 18.0 Å². The Hall–Kier alpha value is -0.370. The molecule has 2 heteroatoms. The van der Waals surface area contributed by atoms with Crippen molar-refractivity contribution < 1.29 is 9.53 Å². The molecule has 104 valence electrons. The Bertz CT molecular complexity index is 266. The van der Waals surface area contributed by atoms with Crippen LogP contribution in [0.25, 0.3) is 0 Å². The van der Waals surface area contributed by atoms with Crippen LogP contribution in [0.4, 0.5) is 0 Å². The normalized spacial score (nSPS) is 26.6. The van der Waals surface area contributed by atoms with Gasteiger partial charge < -0.3 is 4.74 Å². The molecule has 1 heterocycles. The summed E-state index contributed by atoms with van der Waals surface area (Å²) in [6.45, 7) is 3.02. The maximum absolute atomic E-state index is 12.2. The molecule has 2 nitrogen and oxygen atoms in total. The van der Waals surface area contributed by atoms with Gasteiger partial charge in [-0.05, 0) is 32.1 Å². The number of Topliss-reactive ketones (excluding diaryl/α,β-unsaturated/α-hetero) is 1. The van der Waals surface area contributed by atoms with E-state index >= 15 is 0 Å². The van der Waals surface area contributed by atoms with E-state index in [0.29, 0.717) is 11.7 Å². The third kappa shape index (κ3) is 3.57. The molecule has 0 aromatic heterocycles. The van der Waals surface area contributed by atoms with Crippen LogP contribution in [0.3, 0.4) is 0 Å². The van der Waals surface area contributed by atoms with Gasteiger partial charge in [0, 0.05) is 18.9 Å². The van der Waals surface area contributed by atoms with Crippen LogP contribution in [0.5, 0.6) is 0 Å². The van der Waals surface area contributed by atoms with E-state index in [9.17, 15) is 4.79 Å².